The number of benzene rings is 2. The zero-order chi connectivity index (χ0) is 15.8. The fraction of sp³-hybridized carbons (Fsp3) is 0.294. The van der Waals surface area contributed by atoms with Crippen LogP contribution in [0.5, 0.6) is 11.5 Å². The maximum Gasteiger partial charge on any atom is 0.119 e. The van der Waals surface area contributed by atoms with Crippen LogP contribution in [0.15, 0.2) is 58.8 Å². The predicted octanol–water partition coefficient (Wildman–Crippen LogP) is 3.39. The summed E-state index contributed by atoms with van der Waals surface area (Å²) in [5, 5.41) is 17.8. The highest BCUT2D eigenvalue weighted by Crippen LogP contribution is 2.19. The summed E-state index contributed by atoms with van der Waals surface area (Å²) in [6.07, 6.45) is 0.625. The van der Waals surface area contributed by atoms with Crippen LogP contribution in [0.2, 0.25) is 0 Å². The van der Waals surface area contributed by atoms with E-state index in [-0.39, 0.29) is 12.6 Å². The molecule has 1 N–H and O–H groups in total. The zero-order valence-corrected chi connectivity index (χ0v) is 12.8. The fourth-order valence-corrected chi connectivity index (χ4v) is 1.97. The van der Waals surface area contributed by atoms with E-state index < -0.39 is 0 Å². The molecule has 2 aromatic rings. The van der Waals surface area contributed by atoms with Crippen molar-refractivity contribution in [1.82, 2.24) is 0 Å². The molecule has 2 rings (SSSR count). The number of rotatable bonds is 7. The van der Waals surface area contributed by atoms with Gasteiger partial charge in [0.05, 0.1) is 32.6 Å². The molecule has 2 aromatic carbocycles. The van der Waals surface area contributed by atoms with E-state index in [4.69, 9.17) is 9.47 Å². The molecule has 116 valence electrons. The molecule has 0 heterocycles. The Morgan fingerprint density at radius 2 is 1.45 bits per heavy atom. The van der Waals surface area contributed by atoms with E-state index in [1.165, 1.54) is 0 Å². The first-order valence-electron chi connectivity index (χ1n) is 7.04. The third-order valence-electron chi connectivity index (χ3n) is 3.25. The van der Waals surface area contributed by atoms with Crippen LogP contribution in [-0.4, -0.2) is 32.0 Å². The number of methoxy groups -OCH3 is 2. The summed E-state index contributed by atoms with van der Waals surface area (Å²) in [5.74, 6) is 1.58. The quantitative estimate of drug-likeness (QED) is 0.797. The van der Waals surface area contributed by atoms with E-state index in [9.17, 15) is 5.11 Å². The molecule has 0 amide bonds. The number of ether oxygens (including phenoxy) is 2. The molecule has 5 heteroatoms. The van der Waals surface area contributed by atoms with Gasteiger partial charge in [-0.3, -0.25) is 0 Å². The van der Waals surface area contributed by atoms with Gasteiger partial charge in [0.25, 0.3) is 0 Å². The van der Waals surface area contributed by atoms with Crippen LogP contribution in [0.25, 0.3) is 0 Å². The Labute approximate surface area is 130 Å². The number of azo groups is 1. The number of aliphatic hydroxyl groups excluding tert-OH is 1. The van der Waals surface area contributed by atoms with Gasteiger partial charge in [0.2, 0.25) is 0 Å². The fourth-order valence-electron chi connectivity index (χ4n) is 1.97. The topological polar surface area (TPSA) is 63.4 Å². The molecule has 0 bridgehead atoms. The minimum absolute atomic E-state index is 0.0499. The smallest absolute Gasteiger partial charge is 0.119 e. The Morgan fingerprint density at radius 1 is 0.909 bits per heavy atom. The first kappa shape index (κ1) is 16.0. The molecule has 1 unspecified atom stereocenters. The van der Waals surface area contributed by atoms with Crippen molar-refractivity contribution in [2.45, 2.75) is 12.5 Å². The van der Waals surface area contributed by atoms with Gasteiger partial charge < -0.3 is 14.6 Å². The Balaban J connectivity index is 1.99. The van der Waals surface area contributed by atoms with Gasteiger partial charge in [0.1, 0.15) is 11.5 Å². The lowest BCUT2D eigenvalue weighted by atomic mass is 10.1. The minimum atomic E-state index is -0.268. The average Bonchev–Trinajstić information content (AvgIpc) is 2.59. The third-order valence-corrected chi connectivity index (χ3v) is 3.25. The second kappa shape index (κ2) is 8.14. The van der Waals surface area contributed by atoms with Crippen LogP contribution < -0.4 is 9.47 Å². The van der Waals surface area contributed by atoms with E-state index in [2.05, 4.69) is 10.2 Å². The molecule has 22 heavy (non-hydrogen) atoms. The summed E-state index contributed by atoms with van der Waals surface area (Å²) in [4.78, 5) is 0. The van der Waals surface area contributed by atoms with Gasteiger partial charge in [-0.05, 0) is 48.4 Å². The van der Waals surface area contributed by atoms with Gasteiger partial charge in [-0.15, -0.1) is 0 Å². The highest BCUT2D eigenvalue weighted by molar-refractivity contribution is 5.40. The van der Waals surface area contributed by atoms with Gasteiger partial charge >= 0.3 is 0 Å². The molecule has 5 nitrogen and oxygen atoms in total. The summed E-state index contributed by atoms with van der Waals surface area (Å²) < 4.78 is 10.2. The molecule has 0 aromatic heterocycles. The first-order chi connectivity index (χ1) is 10.7. The van der Waals surface area contributed by atoms with E-state index in [0.717, 1.165) is 22.7 Å². The van der Waals surface area contributed by atoms with E-state index >= 15 is 0 Å². The largest absolute Gasteiger partial charge is 0.497 e. The average molecular weight is 300 g/mol. The highest BCUT2D eigenvalue weighted by atomic mass is 16.5. The van der Waals surface area contributed by atoms with Crippen LogP contribution in [0.1, 0.15) is 5.56 Å². The van der Waals surface area contributed by atoms with Crippen molar-refractivity contribution in [2.75, 3.05) is 20.8 Å². The van der Waals surface area contributed by atoms with E-state index in [0.29, 0.717) is 6.42 Å². The normalized spacial score (nSPS) is 12.3. The van der Waals surface area contributed by atoms with Crippen molar-refractivity contribution in [3.63, 3.8) is 0 Å². The minimum Gasteiger partial charge on any atom is -0.497 e. The molecule has 0 saturated carbocycles. The van der Waals surface area contributed by atoms with E-state index in [1.54, 1.807) is 14.2 Å². The maximum absolute atomic E-state index is 9.45. The highest BCUT2D eigenvalue weighted by Gasteiger charge is 2.07. The summed E-state index contributed by atoms with van der Waals surface area (Å²) in [6, 6.07) is 14.7. The molecule has 0 radical (unpaired) electrons. The lowest BCUT2D eigenvalue weighted by Crippen LogP contribution is -2.12. The SMILES string of the molecule is COc1ccc(CC(CO)N=Nc2ccc(OC)cc2)cc1. The van der Waals surface area contributed by atoms with Gasteiger partial charge in [-0.1, -0.05) is 12.1 Å². The Hall–Kier alpha value is -2.40. The number of hydrogen-bond donors (Lipinski definition) is 1. The number of aliphatic hydroxyl groups is 1. The lowest BCUT2D eigenvalue weighted by Gasteiger charge is -2.08. The molecule has 0 spiro atoms. The maximum atomic E-state index is 9.45. The van der Waals surface area contributed by atoms with Crippen molar-refractivity contribution >= 4 is 5.69 Å². The molecular weight excluding hydrogens is 280 g/mol. The van der Waals surface area contributed by atoms with Crippen molar-refractivity contribution in [3.05, 3.63) is 54.1 Å². The monoisotopic (exact) mass is 300 g/mol. The van der Waals surface area contributed by atoms with Crippen LogP contribution in [-0.2, 0) is 6.42 Å². The lowest BCUT2D eigenvalue weighted by molar-refractivity contribution is 0.262. The van der Waals surface area contributed by atoms with Gasteiger partial charge in [0, 0.05) is 0 Å². The van der Waals surface area contributed by atoms with Crippen LogP contribution in [0.3, 0.4) is 0 Å². The van der Waals surface area contributed by atoms with Crippen molar-refractivity contribution < 1.29 is 14.6 Å². The summed E-state index contributed by atoms with van der Waals surface area (Å²) in [5.41, 5.74) is 1.81. The molecule has 0 saturated heterocycles. The van der Waals surface area contributed by atoms with Crippen molar-refractivity contribution in [2.24, 2.45) is 10.2 Å². The third kappa shape index (κ3) is 4.56. The van der Waals surface area contributed by atoms with Crippen LogP contribution >= 0.6 is 0 Å². The second-order valence-corrected chi connectivity index (χ2v) is 4.80. The van der Waals surface area contributed by atoms with Crippen LogP contribution in [0.4, 0.5) is 5.69 Å². The standard InChI is InChI=1S/C17H20N2O3/c1-21-16-7-3-13(4-8-16)11-15(12-20)19-18-14-5-9-17(22-2)10-6-14/h3-10,15,20H,11-12H2,1-2H3. The second-order valence-electron chi connectivity index (χ2n) is 4.80. The Morgan fingerprint density at radius 3 is 1.95 bits per heavy atom. The van der Waals surface area contributed by atoms with E-state index in [1.807, 2.05) is 48.5 Å². The van der Waals surface area contributed by atoms with Gasteiger partial charge in [0.15, 0.2) is 0 Å². The van der Waals surface area contributed by atoms with Crippen LogP contribution in [0, 0.1) is 0 Å². The van der Waals surface area contributed by atoms with Crippen molar-refractivity contribution in [3.8, 4) is 11.5 Å². The number of hydrogen-bond acceptors (Lipinski definition) is 5. The molecule has 0 aliphatic rings. The Bertz CT molecular complexity index is 594. The number of nitrogens with zero attached hydrogens (tertiary/aromatic N) is 2. The summed E-state index contributed by atoms with van der Waals surface area (Å²) >= 11 is 0. The Kier molecular flexibility index (Phi) is 5.91. The molecule has 0 fully saturated rings. The first-order valence-corrected chi connectivity index (χ1v) is 7.04. The van der Waals surface area contributed by atoms with Gasteiger partial charge in [-0.2, -0.15) is 10.2 Å². The van der Waals surface area contributed by atoms with Crippen molar-refractivity contribution in [1.29, 1.82) is 0 Å². The predicted molar refractivity (Wildman–Crippen MR) is 85.1 cm³/mol. The molecule has 0 aliphatic heterocycles. The molecular formula is C17H20N2O3. The zero-order valence-electron chi connectivity index (χ0n) is 12.8. The summed E-state index contributed by atoms with van der Waals surface area (Å²) in [7, 11) is 3.25. The molecule has 0 aliphatic carbocycles. The van der Waals surface area contributed by atoms with Gasteiger partial charge in [-0.25, -0.2) is 0 Å². The molecule has 1 atom stereocenters. The summed E-state index contributed by atoms with van der Waals surface area (Å²) in [6.45, 7) is -0.0499.